The minimum Gasteiger partial charge on any atom is -0.457 e. The number of carbonyl (C=O) groups excluding carboxylic acids is 2. The van der Waals surface area contributed by atoms with Crippen LogP contribution >= 0.6 is 0 Å². The van der Waals surface area contributed by atoms with Gasteiger partial charge in [-0.05, 0) is 61.4 Å². The second-order valence-corrected chi connectivity index (χ2v) is 9.64. The summed E-state index contributed by atoms with van der Waals surface area (Å²) in [7, 11) is 0. The first kappa shape index (κ1) is 21.7. The maximum absolute atomic E-state index is 13.2. The van der Waals surface area contributed by atoms with Gasteiger partial charge >= 0.3 is 5.97 Å². The van der Waals surface area contributed by atoms with E-state index in [-0.39, 0.29) is 30.3 Å². The van der Waals surface area contributed by atoms with Crippen molar-refractivity contribution in [2.24, 2.45) is 11.8 Å². The summed E-state index contributed by atoms with van der Waals surface area (Å²) < 4.78 is 16.5. The number of hydrogen-bond acceptors (Lipinski definition) is 6. The van der Waals surface area contributed by atoms with Gasteiger partial charge in [-0.15, -0.1) is 0 Å². The van der Waals surface area contributed by atoms with Crippen LogP contribution in [0.5, 0.6) is 0 Å². The molecule has 6 nitrogen and oxygen atoms in total. The number of benzene rings is 1. The minimum absolute atomic E-state index is 0.0115. The molecule has 0 amide bonds. The molecule has 5 rings (SSSR count). The van der Waals surface area contributed by atoms with E-state index in [1.165, 1.54) is 32.1 Å². The summed E-state index contributed by atoms with van der Waals surface area (Å²) in [4.78, 5) is 25.5. The van der Waals surface area contributed by atoms with Crippen molar-refractivity contribution >= 4 is 22.7 Å². The smallest absolute Gasteiger partial charge is 0.374 e. The topological polar surface area (TPSA) is 77.8 Å². The molecule has 3 fully saturated rings. The zero-order valence-electron chi connectivity index (χ0n) is 18.6. The molecule has 3 heterocycles. The Morgan fingerprint density at radius 2 is 1.91 bits per heavy atom. The van der Waals surface area contributed by atoms with Gasteiger partial charge in [0.25, 0.3) is 0 Å². The SMILES string of the molecule is O=C(OC[C@H]1CCCO1)c1cc2cc(CC(=O)[C@H]3NCC[C@H]3C3CCCCC3)ccc2o1. The highest BCUT2D eigenvalue weighted by molar-refractivity contribution is 5.93. The molecular weight excluding hydrogens is 406 g/mol. The van der Waals surface area contributed by atoms with Crippen molar-refractivity contribution in [3.8, 4) is 0 Å². The van der Waals surface area contributed by atoms with E-state index in [0.717, 1.165) is 43.4 Å². The summed E-state index contributed by atoms with van der Waals surface area (Å²) in [6, 6.07) is 7.41. The zero-order chi connectivity index (χ0) is 21.9. The predicted octanol–water partition coefficient (Wildman–Crippen LogP) is 4.44. The van der Waals surface area contributed by atoms with Crippen LogP contribution in [-0.4, -0.2) is 43.7 Å². The Morgan fingerprint density at radius 1 is 1.03 bits per heavy atom. The second-order valence-electron chi connectivity index (χ2n) is 9.64. The average Bonchev–Trinajstić information content (AvgIpc) is 3.58. The van der Waals surface area contributed by atoms with Crippen molar-refractivity contribution in [1.82, 2.24) is 5.32 Å². The highest BCUT2D eigenvalue weighted by Gasteiger charge is 2.37. The number of hydrogen-bond donors (Lipinski definition) is 1. The zero-order valence-corrected chi connectivity index (χ0v) is 18.6. The van der Waals surface area contributed by atoms with Gasteiger partial charge in [-0.1, -0.05) is 38.2 Å². The number of ether oxygens (including phenoxy) is 2. The summed E-state index contributed by atoms with van der Waals surface area (Å²) in [5.41, 5.74) is 1.59. The molecular formula is C26H33NO5. The molecule has 1 aromatic carbocycles. The Labute approximate surface area is 189 Å². The molecule has 1 N–H and O–H groups in total. The van der Waals surface area contributed by atoms with Crippen molar-refractivity contribution < 1.29 is 23.5 Å². The Morgan fingerprint density at radius 3 is 2.72 bits per heavy atom. The molecule has 172 valence electrons. The predicted molar refractivity (Wildman–Crippen MR) is 121 cm³/mol. The summed E-state index contributed by atoms with van der Waals surface area (Å²) in [6.45, 7) is 1.92. The number of Topliss-reactive ketones (excluding diaryl/α,β-unsaturated/α-hetero) is 1. The minimum atomic E-state index is -0.472. The van der Waals surface area contributed by atoms with E-state index in [4.69, 9.17) is 13.9 Å². The van der Waals surface area contributed by atoms with Gasteiger partial charge in [0.2, 0.25) is 5.76 Å². The highest BCUT2D eigenvalue weighted by atomic mass is 16.6. The molecule has 3 aliphatic rings. The number of nitrogens with one attached hydrogen (secondary N) is 1. The first-order valence-corrected chi connectivity index (χ1v) is 12.2. The number of fused-ring (bicyclic) bond motifs is 1. The molecule has 32 heavy (non-hydrogen) atoms. The molecule has 0 unspecified atom stereocenters. The largest absolute Gasteiger partial charge is 0.457 e. The molecule has 0 radical (unpaired) electrons. The molecule has 6 heteroatoms. The molecule has 2 saturated heterocycles. The van der Waals surface area contributed by atoms with Gasteiger partial charge in [-0.25, -0.2) is 4.79 Å². The average molecular weight is 440 g/mol. The lowest BCUT2D eigenvalue weighted by Crippen LogP contribution is -2.40. The Hall–Kier alpha value is -2.18. The van der Waals surface area contributed by atoms with E-state index >= 15 is 0 Å². The third kappa shape index (κ3) is 4.76. The van der Waals surface area contributed by atoms with Crippen LogP contribution in [0.2, 0.25) is 0 Å². The molecule has 2 aromatic rings. The fourth-order valence-corrected chi connectivity index (χ4v) is 5.78. The molecule has 1 aliphatic carbocycles. The highest BCUT2D eigenvalue weighted by Crippen LogP contribution is 2.36. The quantitative estimate of drug-likeness (QED) is 0.643. The first-order valence-electron chi connectivity index (χ1n) is 12.2. The Balaban J connectivity index is 1.22. The monoisotopic (exact) mass is 439 g/mol. The lowest BCUT2D eigenvalue weighted by molar-refractivity contribution is -0.121. The number of carbonyl (C=O) groups is 2. The van der Waals surface area contributed by atoms with Crippen LogP contribution in [0.15, 0.2) is 28.7 Å². The Bertz CT molecular complexity index is 954. The van der Waals surface area contributed by atoms with Crippen molar-refractivity contribution in [2.45, 2.75) is 69.9 Å². The van der Waals surface area contributed by atoms with Gasteiger partial charge < -0.3 is 19.2 Å². The normalized spacial score (nSPS) is 26.6. The first-order chi connectivity index (χ1) is 15.7. The van der Waals surface area contributed by atoms with Crippen LogP contribution in [0, 0.1) is 11.8 Å². The van der Waals surface area contributed by atoms with Crippen LogP contribution < -0.4 is 5.32 Å². The maximum Gasteiger partial charge on any atom is 0.374 e. The molecule has 3 atom stereocenters. The van der Waals surface area contributed by atoms with E-state index in [1.807, 2.05) is 18.2 Å². The van der Waals surface area contributed by atoms with Crippen molar-refractivity contribution in [1.29, 1.82) is 0 Å². The van der Waals surface area contributed by atoms with E-state index in [2.05, 4.69) is 5.32 Å². The third-order valence-electron chi connectivity index (χ3n) is 7.46. The second kappa shape index (κ2) is 9.75. The molecule has 0 bridgehead atoms. The number of furan rings is 1. The van der Waals surface area contributed by atoms with Gasteiger partial charge in [0.05, 0.1) is 12.1 Å². The van der Waals surface area contributed by atoms with Crippen LogP contribution in [0.3, 0.4) is 0 Å². The van der Waals surface area contributed by atoms with E-state index in [1.54, 1.807) is 6.07 Å². The number of esters is 1. The molecule has 0 spiro atoms. The molecule has 1 saturated carbocycles. The van der Waals surface area contributed by atoms with Crippen LogP contribution in [0.1, 0.15) is 67.5 Å². The van der Waals surface area contributed by atoms with Gasteiger partial charge in [-0.3, -0.25) is 4.79 Å². The summed E-state index contributed by atoms with van der Waals surface area (Å²) in [5.74, 6) is 1.16. The number of ketones is 1. The summed E-state index contributed by atoms with van der Waals surface area (Å²) >= 11 is 0. The van der Waals surface area contributed by atoms with Crippen molar-refractivity contribution in [3.63, 3.8) is 0 Å². The van der Waals surface area contributed by atoms with Crippen molar-refractivity contribution in [2.75, 3.05) is 19.8 Å². The maximum atomic E-state index is 13.2. The lowest BCUT2D eigenvalue weighted by atomic mass is 9.75. The van der Waals surface area contributed by atoms with E-state index in [9.17, 15) is 9.59 Å². The summed E-state index contributed by atoms with van der Waals surface area (Å²) in [5, 5.41) is 4.30. The fourth-order valence-electron chi connectivity index (χ4n) is 5.78. The Kier molecular flexibility index (Phi) is 6.60. The fraction of sp³-hybridized carbons (Fsp3) is 0.615. The van der Waals surface area contributed by atoms with Crippen LogP contribution in [0.4, 0.5) is 0 Å². The van der Waals surface area contributed by atoms with Gasteiger partial charge in [-0.2, -0.15) is 0 Å². The van der Waals surface area contributed by atoms with Gasteiger partial charge in [0.15, 0.2) is 5.78 Å². The van der Waals surface area contributed by atoms with E-state index in [0.29, 0.717) is 23.8 Å². The van der Waals surface area contributed by atoms with E-state index < -0.39 is 5.97 Å². The van der Waals surface area contributed by atoms with Crippen LogP contribution in [-0.2, 0) is 20.7 Å². The van der Waals surface area contributed by atoms with Gasteiger partial charge in [0.1, 0.15) is 12.2 Å². The number of rotatable bonds is 7. The summed E-state index contributed by atoms with van der Waals surface area (Å²) in [6.07, 6.45) is 9.90. The standard InChI is InChI=1S/C26H33NO5/c28-22(25-21(10-11-27-25)18-5-2-1-3-6-18)14-17-8-9-23-19(13-17)15-24(32-23)26(29)31-16-20-7-4-12-30-20/h8-9,13,15,18,20-21,25,27H,1-7,10-12,14,16H2/t20-,21+,25+/m1/s1. The third-order valence-corrected chi connectivity index (χ3v) is 7.46. The molecule has 1 aromatic heterocycles. The lowest BCUT2D eigenvalue weighted by Gasteiger charge is -2.30. The molecule has 2 aliphatic heterocycles. The van der Waals surface area contributed by atoms with Gasteiger partial charge in [0, 0.05) is 18.4 Å². The van der Waals surface area contributed by atoms with Crippen LogP contribution in [0.25, 0.3) is 11.0 Å². The van der Waals surface area contributed by atoms with Crippen molar-refractivity contribution in [3.05, 3.63) is 35.6 Å².